The van der Waals surface area contributed by atoms with Crippen LogP contribution in [0.15, 0.2) is 74.5 Å². The van der Waals surface area contributed by atoms with Crippen LogP contribution in [-0.2, 0) is 0 Å². The Hall–Kier alpha value is -2.19. The van der Waals surface area contributed by atoms with Crippen LogP contribution < -0.4 is 0 Å². The van der Waals surface area contributed by atoms with Crippen LogP contribution in [0.1, 0.15) is 5.56 Å². The smallest absolute Gasteiger partial charge is 0.227 e. The molecule has 1 aromatic heterocycles. The molecule has 1 N–H and O–H groups in total. The zero-order valence-corrected chi connectivity index (χ0v) is 17.1. The second kappa shape index (κ2) is 7.20. The molecular formula is C20H12BrIN2O2. The van der Waals surface area contributed by atoms with E-state index in [0.717, 1.165) is 24.8 Å². The lowest BCUT2D eigenvalue weighted by atomic mass is 10.2. The Balaban J connectivity index is 1.67. The molecule has 0 bridgehead atoms. The van der Waals surface area contributed by atoms with Gasteiger partial charge in [0.25, 0.3) is 0 Å². The molecule has 0 amide bonds. The SMILES string of the molecule is Oc1c(I)cccc1C=Nc1ccc2oc(-c3cccc(Br)c3)nc2c1. The summed E-state index contributed by atoms with van der Waals surface area (Å²) in [6.45, 7) is 0. The lowest BCUT2D eigenvalue weighted by Gasteiger charge is -2.00. The van der Waals surface area contributed by atoms with Crippen molar-refractivity contribution in [2.75, 3.05) is 0 Å². The van der Waals surface area contributed by atoms with Gasteiger partial charge in [-0.2, -0.15) is 0 Å². The van der Waals surface area contributed by atoms with Crippen LogP contribution in [0, 0.1) is 3.57 Å². The van der Waals surface area contributed by atoms with Gasteiger partial charge in [0.05, 0.1) is 9.26 Å². The van der Waals surface area contributed by atoms with Gasteiger partial charge < -0.3 is 9.52 Å². The predicted octanol–water partition coefficient (Wildman–Crippen LogP) is 6.32. The fourth-order valence-electron chi connectivity index (χ4n) is 2.52. The van der Waals surface area contributed by atoms with Crippen molar-refractivity contribution in [1.82, 2.24) is 4.98 Å². The second-order valence-corrected chi connectivity index (χ2v) is 7.70. The van der Waals surface area contributed by atoms with E-state index in [0.29, 0.717) is 17.0 Å². The Bertz CT molecular complexity index is 1140. The van der Waals surface area contributed by atoms with E-state index in [1.807, 2.05) is 60.7 Å². The van der Waals surface area contributed by atoms with Crippen molar-refractivity contribution in [2.45, 2.75) is 0 Å². The van der Waals surface area contributed by atoms with Gasteiger partial charge in [-0.3, -0.25) is 4.99 Å². The Kier molecular flexibility index (Phi) is 4.78. The highest BCUT2D eigenvalue weighted by atomic mass is 127. The zero-order valence-electron chi connectivity index (χ0n) is 13.4. The number of para-hydroxylation sites is 1. The van der Waals surface area contributed by atoms with E-state index in [-0.39, 0.29) is 5.75 Å². The molecule has 0 radical (unpaired) electrons. The van der Waals surface area contributed by atoms with Crippen molar-refractivity contribution in [2.24, 2.45) is 4.99 Å². The molecule has 26 heavy (non-hydrogen) atoms. The molecule has 6 heteroatoms. The Morgan fingerprint density at radius 1 is 1.08 bits per heavy atom. The van der Waals surface area contributed by atoms with Crippen LogP contribution in [0.5, 0.6) is 5.75 Å². The van der Waals surface area contributed by atoms with Crippen molar-refractivity contribution in [1.29, 1.82) is 0 Å². The molecule has 0 spiro atoms. The lowest BCUT2D eigenvalue weighted by molar-refractivity contribution is 0.470. The molecule has 0 aliphatic carbocycles. The largest absolute Gasteiger partial charge is 0.506 e. The molecule has 4 aromatic rings. The van der Waals surface area contributed by atoms with E-state index in [4.69, 9.17) is 4.42 Å². The van der Waals surface area contributed by atoms with Crippen molar-refractivity contribution in [3.8, 4) is 17.2 Å². The number of fused-ring (bicyclic) bond motifs is 1. The first-order valence-electron chi connectivity index (χ1n) is 7.78. The number of halogens is 2. The van der Waals surface area contributed by atoms with Crippen LogP contribution in [0.2, 0.25) is 0 Å². The summed E-state index contributed by atoms with van der Waals surface area (Å²) in [7, 11) is 0. The van der Waals surface area contributed by atoms with Gasteiger partial charge in [0, 0.05) is 21.8 Å². The molecule has 1 heterocycles. The maximum absolute atomic E-state index is 10.1. The summed E-state index contributed by atoms with van der Waals surface area (Å²) in [4.78, 5) is 9.01. The number of hydrogen-bond donors (Lipinski definition) is 1. The standard InChI is InChI=1S/C20H12BrIN2O2/c21-14-5-1-3-12(9-14)20-24-17-10-15(7-8-18(17)26-20)23-11-13-4-2-6-16(22)19(13)25/h1-11,25H. The van der Waals surface area contributed by atoms with Crippen molar-refractivity contribution >= 4 is 61.5 Å². The van der Waals surface area contributed by atoms with Crippen LogP contribution in [0.4, 0.5) is 5.69 Å². The number of nitrogens with zero attached hydrogens (tertiary/aromatic N) is 2. The monoisotopic (exact) mass is 518 g/mol. The molecule has 0 aliphatic heterocycles. The van der Waals surface area contributed by atoms with Crippen LogP contribution in [0.25, 0.3) is 22.6 Å². The summed E-state index contributed by atoms with van der Waals surface area (Å²) in [5, 5.41) is 10.1. The molecule has 3 aromatic carbocycles. The molecule has 0 aliphatic rings. The summed E-state index contributed by atoms with van der Waals surface area (Å²) in [6.07, 6.45) is 1.65. The topological polar surface area (TPSA) is 58.6 Å². The summed E-state index contributed by atoms with van der Waals surface area (Å²) in [5.74, 6) is 0.800. The Morgan fingerprint density at radius 3 is 2.77 bits per heavy atom. The average Bonchev–Trinajstić information content (AvgIpc) is 3.06. The fourth-order valence-corrected chi connectivity index (χ4v) is 3.44. The third-order valence-corrected chi connectivity index (χ3v) is 5.18. The van der Waals surface area contributed by atoms with Crippen LogP contribution in [-0.4, -0.2) is 16.3 Å². The number of rotatable bonds is 3. The molecule has 0 saturated heterocycles. The second-order valence-electron chi connectivity index (χ2n) is 5.62. The molecule has 0 unspecified atom stereocenters. The van der Waals surface area contributed by atoms with Crippen LogP contribution in [0.3, 0.4) is 0 Å². The van der Waals surface area contributed by atoms with Gasteiger partial charge in [-0.1, -0.05) is 28.1 Å². The third-order valence-electron chi connectivity index (χ3n) is 3.81. The van der Waals surface area contributed by atoms with Crippen molar-refractivity contribution in [3.05, 3.63) is 74.3 Å². The van der Waals surface area contributed by atoms with Gasteiger partial charge >= 0.3 is 0 Å². The van der Waals surface area contributed by atoms with Crippen LogP contribution >= 0.6 is 38.5 Å². The van der Waals surface area contributed by atoms with E-state index in [1.165, 1.54) is 0 Å². The number of hydrogen-bond acceptors (Lipinski definition) is 4. The minimum Gasteiger partial charge on any atom is -0.506 e. The zero-order chi connectivity index (χ0) is 18.1. The van der Waals surface area contributed by atoms with Crippen molar-refractivity contribution < 1.29 is 9.52 Å². The highest BCUT2D eigenvalue weighted by Crippen LogP contribution is 2.29. The number of phenolic OH excluding ortho intramolecular Hbond substituents is 1. The molecule has 128 valence electrons. The van der Waals surface area contributed by atoms with Gasteiger partial charge in [0.15, 0.2) is 5.58 Å². The summed E-state index contributed by atoms with van der Waals surface area (Å²) in [5.41, 5.74) is 3.76. The minimum atomic E-state index is 0.233. The first-order chi connectivity index (χ1) is 12.6. The lowest BCUT2D eigenvalue weighted by Crippen LogP contribution is -1.84. The number of oxazole rings is 1. The maximum atomic E-state index is 10.1. The normalized spacial score (nSPS) is 11.5. The first-order valence-corrected chi connectivity index (χ1v) is 9.65. The van der Waals surface area contributed by atoms with Gasteiger partial charge in [0.1, 0.15) is 11.3 Å². The highest BCUT2D eigenvalue weighted by molar-refractivity contribution is 14.1. The van der Waals surface area contributed by atoms with E-state index in [2.05, 4.69) is 48.5 Å². The fraction of sp³-hybridized carbons (Fsp3) is 0. The number of aliphatic imine (C=N–C) groups is 1. The number of benzene rings is 3. The summed E-state index contributed by atoms with van der Waals surface area (Å²) >= 11 is 5.55. The number of aromatic hydroxyl groups is 1. The van der Waals surface area contributed by atoms with E-state index < -0.39 is 0 Å². The first kappa shape index (κ1) is 17.2. The number of phenols is 1. The maximum Gasteiger partial charge on any atom is 0.227 e. The Labute approximate surface area is 171 Å². The molecule has 4 rings (SSSR count). The predicted molar refractivity (Wildman–Crippen MR) is 115 cm³/mol. The van der Waals surface area contributed by atoms with Gasteiger partial charge in [0.2, 0.25) is 5.89 Å². The average molecular weight is 519 g/mol. The molecule has 0 atom stereocenters. The minimum absolute atomic E-state index is 0.233. The summed E-state index contributed by atoms with van der Waals surface area (Å²) < 4.78 is 7.60. The molecule has 0 fully saturated rings. The number of aromatic nitrogens is 1. The van der Waals surface area contributed by atoms with E-state index in [9.17, 15) is 5.11 Å². The molecular weight excluding hydrogens is 507 g/mol. The molecule has 4 nitrogen and oxygen atoms in total. The quantitative estimate of drug-likeness (QED) is 0.255. The third kappa shape index (κ3) is 3.52. The van der Waals surface area contributed by atoms with E-state index >= 15 is 0 Å². The van der Waals surface area contributed by atoms with Gasteiger partial charge in [-0.05, 0) is 71.1 Å². The Morgan fingerprint density at radius 2 is 1.92 bits per heavy atom. The summed E-state index contributed by atoms with van der Waals surface area (Å²) in [6, 6.07) is 18.9. The van der Waals surface area contributed by atoms with Gasteiger partial charge in [-0.15, -0.1) is 0 Å². The van der Waals surface area contributed by atoms with E-state index in [1.54, 1.807) is 6.21 Å². The highest BCUT2D eigenvalue weighted by Gasteiger charge is 2.09. The van der Waals surface area contributed by atoms with Crippen molar-refractivity contribution in [3.63, 3.8) is 0 Å². The molecule has 0 saturated carbocycles. The van der Waals surface area contributed by atoms with Gasteiger partial charge in [-0.25, -0.2) is 4.98 Å².